The van der Waals surface area contributed by atoms with E-state index in [1.165, 1.54) is 11.1 Å². The summed E-state index contributed by atoms with van der Waals surface area (Å²) in [7, 11) is 0. The van der Waals surface area contributed by atoms with Gasteiger partial charge in [-0.15, -0.1) is 0 Å². The monoisotopic (exact) mass is 319 g/mol. The summed E-state index contributed by atoms with van der Waals surface area (Å²) in [6, 6.07) is 8.83. The highest BCUT2D eigenvalue weighted by molar-refractivity contribution is 5.74. The quantitative estimate of drug-likeness (QED) is 0.843. The fourth-order valence-corrected chi connectivity index (χ4v) is 3.09. The number of piperidine rings is 1. The van der Waals surface area contributed by atoms with Gasteiger partial charge in [-0.05, 0) is 32.3 Å². The lowest BCUT2D eigenvalue weighted by molar-refractivity contribution is 0.160. The maximum absolute atomic E-state index is 12.1. The number of carbonyl (C=O) groups is 1. The Kier molecular flexibility index (Phi) is 6.86. The second-order valence-corrected chi connectivity index (χ2v) is 6.29. The van der Waals surface area contributed by atoms with Gasteiger partial charge in [-0.25, -0.2) is 4.79 Å². The molecule has 0 radical (unpaired) electrons. The van der Waals surface area contributed by atoms with Crippen LogP contribution in [0.15, 0.2) is 24.3 Å². The average Bonchev–Trinajstić information content (AvgIpc) is 2.54. The molecular weight excluding hydrogens is 290 g/mol. The molecule has 0 unspecified atom stereocenters. The highest BCUT2D eigenvalue weighted by Gasteiger charge is 2.22. The number of aliphatic hydroxyl groups excluding tert-OH is 1. The minimum Gasteiger partial charge on any atom is -0.395 e. The third-order valence-corrected chi connectivity index (χ3v) is 4.44. The number of amides is 2. The molecule has 0 atom stereocenters. The van der Waals surface area contributed by atoms with Crippen molar-refractivity contribution < 1.29 is 9.90 Å². The number of likely N-dealkylation sites (tertiary alicyclic amines) is 1. The molecule has 1 aromatic rings. The molecule has 2 N–H and O–H groups in total. The van der Waals surface area contributed by atoms with Crippen molar-refractivity contribution in [3.8, 4) is 0 Å². The Hall–Kier alpha value is -1.59. The average molecular weight is 319 g/mol. The largest absolute Gasteiger partial charge is 0.395 e. The molecule has 1 fully saturated rings. The highest BCUT2D eigenvalue weighted by atomic mass is 16.3. The number of urea groups is 1. The Balaban J connectivity index is 1.76. The molecule has 2 rings (SSSR count). The smallest absolute Gasteiger partial charge is 0.317 e. The molecule has 1 saturated heterocycles. The highest BCUT2D eigenvalue weighted by Crippen LogP contribution is 2.15. The lowest BCUT2D eigenvalue weighted by Gasteiger charge is -2.33. The summed E-state index contributed by atoms with van der Waals surface area (Å²) in [4.78, 5) is 16.2. The van der Waals surface area contributed by atoms with E-state index in [0.717, 1.165) is 32.5 Å². The molecule has 0 aliphatic carbocycles. The third-order valence-electron chi connectivity index (χ3n) is 4.44. The van der Waals surface area contributed by atoms with Gasteiger partial charge in [-0.1, -0.05) is 29.8 Å². The van der Waals surface area contributed by atoms with E-state index in [2.05, 4.69) is 41.4 Å². The molecule has 1 heterocycles. The van der Waals surface area contributed by atoms with Crippen molar-refractivity contribution in [3.05, 3.63) is 35.4 Å². The molecule has 23 heavy (non-hydrogen) atoms. The van der Waals surface area contributed by atoms with Crippen LogP contribution in [0.4, 0.5) is 4.79 Å². The van der Waals surface area contributed by atoms with Crippen LogP contribution >= 0.6 is 0 Å². The number of aliphatic hydroxyl groups is 1. The van der Waals surface area contributed by atoms with E-state index >= 15 is 0 Å². The lowest BCUT2D eigenvalue weighted by Crippen LogP contribution is -2.49. The van der Waals surface area contributed by atoms with Crippen LogP contribution < -0.4 is 5.32 Å². The second kappa shape index (κ2) is 8.89. The number of hydrogen-bond acceptors (Lipinski definition) is 3. The first-order chi connectivity index (χ1) is 11.1. The van der Waals surface area contributed by atoms with E-state index in [1.807, 2.05) is 6.92 Å². The Morgan fingerprint density at radius 2 is 2.13 bits per heavy atom. The predicted molar refractivity (Wildman–Crippen MR) is 92.3 cm³/mol. The van der Waals surface area contributed by atoms with Gasteiger partial charge < -0.3 is 15.3 Å². The van der Waals surface area contributed by atoms with Crippen LogP contribution in [0.2, 0.25) is 0 Å². The fraction of sp³-hybridized carbons (Fsp3) is 0.611. The lowest BCUT2D eigenvalue weighted by atomic mass is 10.0. The molecule has 0 bridgehead atoms. The maximum Gasteiger partial charge on any atom is 0.317 e. The topological polar surface area (TPSA) is 55.8 Å². The maximum atomic E-state index is 12.1. The van der Waals surface area contributed by atoms with Crippen LogP contribution in [-0.2, 0) is 6.54 Å². The van der Waals surface area contributed by atoms with Gasteiger partial charge in [0, 0.05) is 38.8 Å². The third kappa shape index (κ3) is 5.52. The number of aryl methyl sites for hydroxylation is 1. The fourth-order valence-electron chi connectivity index (χ4n) is 3.09. The number of benzene rings is 1. The summed E-state index contributed by atoms with van der Waals surface area (Å²) < 4.78 is 0. The normalized spacial score (nSPS) is 16.3. The summed E-state index contributed by atoms with van der Waals surface area (Å²) in [5.41, 5.74) is 2.65. The number of rotatable bonds is 6. The molecule has 5 nitrogen and oxygen atoms in total. The minimum atomic E-state index is -0.0568. The summed E-state index contributed by atoms with van der Waals surface area (Å²) in [6.45, 7) is 8.07. The Labute approximate surface area is 139 Å². The molecule has 1 aliphatic rings. The second-order valence-electron chi connectivity index (χ2n) is 6.29. The van der Waals surface area contributed by atoms with Gasteiger partial charge in [-0.2, -0.15) is 0 Å². The molecular formula is C18H29N3O2. The van der Waals surface area contributed by atoms with Gasteiger partial charge in [0.2, 0.25) is 0 Å². The van der Waals surface area contributed by atoms with Crippen molar-refractivity contribution in [1.82, 2.24) is 15.1 Å². The molecule has 5 heteroatoms. The Bertz CT molecular complexity index is 499. The number of nitrogens with zero attached hydrogens (tertiary/aromatic N) is 2. The summed E-state index contributed by atoms with van der Waals surface area (Å²) in [6.07, 6.45) is 1.96. The summed E-state index contributed by atoms with van der Waals surface area (Å²) in [5, 5.41) is 12.1. The van der Waals surface area contributed by atoms with Crippen molar-refractivity contribution >= 4 is 6.03 Å². The molecule has 0 spiro atoms. The van der Waals surface area contributed by atoms with Crippen LogP contribution in [-0.4, -0.2) is 59.8 Å². The number of hydrogen-bond donors (Lipinski definition) is 2. The Morgan fingerprint density at radius 3 is 2.74 bits per heavy atom. The Morgan fingerprint density at radius 1 is 1.39 bits per heavy atom. The van der Waals surface area contributed by atoms with Crippen molar-refractivity contribution in [2.75, 3.05) is 32.8 Å². The molecule has 1 aliphatic heterocycles. The van der Waals surface area contributed by atoms with Crippen LogP contribution in [0.3, 0.4) is 0 Å². The SMILES string of the molecule is CCN(CCO)C(=O)NC1CCN(Cc2cccc(C)c2)CC1. The molecule has 128 valence electrons. The zero-order valence-electron chi connectivity index (χ0n) is 14.3. The van der Waals surface area contributed by atoms with E-state index < -0.39 is 0 Å². The number of likely N-dealkylation sites (N-methyl/N-ethyl adjacent to an activating group) is 1. The van der Waals surface area contributed by atoms with Crippen molar-refractivity contribution in [1.29, 1.82) is 0 Å². The van der Waals surface area contributed by atoms with E-state index in [4.69, 9.17) is 5.11 Å². The molecule has 1 aromatic carbocycles. The molecule has 2 amide bonds. The van der Waals surface area contributed by atoms with E-state index in [9.17, 15) is 4.79 Å². The van der Waals surface area contributed by atoms with Crippen LogP contribution in [0.25, 0.3) is 0 Å². The standard InChI is InChI=1S/C18H29N3O2/c1-3-21(11-12-22)18(23)19-17-7-9-20(10-8-17)14-16-6-4-5-15(2)13-16/h4-6,13,17,22H,3,7-12,14H2,1-2H3,(H,19,23). The van der Waals surface area contributed by atoms with Crippen LogP contribution in [0.5, 0.6) is 0 Å². The van der Waals surface area contributed by atoms with E-state index in [-0.39, 0.29) is 18.7 Å². The van der Waals surface area contributed by atoms with Gasteiger partial charge in [0.25, 0.3) is 0 Å². The van der Waals surface area contributed by atoms with E-state index in [1.54, 1.807) is 4.90 Å². The predicted octanol–water partition coefficient (Wildman–Crippen LogP) is 1.98. The zero-order chi connectivity index (χ0) is 16.7. The molecule has 0 saturated carbocycles. The summed E-state index contributed by atoms with van der Waals surface area (Å²) in [5.74, 6) is 0. The first-order valence-corrected chi connectivity index (χ1v) is 8.56. The van der Waals surface area contributed by atoms with Gasteiger partial charge in [-0.3, -0.25) is 4.90 Å². The first kappa shape index (κ1) is 17.8. The van der Waals surface area contributed by atoms with Gasteiger partial charge in [0.15, 0.2) is 0 Å². The van der Waals surface area contributed by atoms with Crippen LogP contribution in [0, 0.1) is 6.92 Å². The van der Waals surface area contributed by atoms with Gasteiger partial charge in [0.1, 0.15) is 0 Å². The number of carbonyl (C=O) groups excluding carboxylic acids is 1. The van der Waals surface area contributed by atoms with Gasteiger partial charge in [0.05, 0.1) is 6.61 Å². The molecule has 0 aromatic heterocycles. The van der Waals surface area contributed by atoms with Crippen molar-refractivity contribution in [2.24, 2.45) is 0 Å². The number of nitrogens with one attached hydrogen (secondary N) is 1. The minimum absolute atomic E-state index is 0.0101. The van der Waals surface area contributed by atoms with Crippen molar-refractivity contribution in [2.45, 2.75) is 39.3 Å². The van der Waals surface area contributed by atoms with Crippen molar-refractivity contribution in [3.63, 3.8) is 0 Å². The van der Waals surface area contributed by atoms with Crippen LogP contribution in [0.1, 0.15) is 30.9 Å². The summed E-state index contributed by atoms with van der Waals surface area (Å²) >= 11 is 0. The van der Waals surface area contributed by atoms with E-state index in [0.29, 0.717) is 13.1 Å². The van der Waals surface area contributed by atoms with Gasteiger partial charge >= 0.3 is 6.03 Å². The first-order valence-electron chi connectivity index (χ1n) is 8.56. The zero-order valence-corrected chi connectivity index (χ0v) is 14.3.